The lowest BCUT2D eigenvalue weighted by atomic mass is 10.0. The third-order valence-corrected chi connectivity index (χ3v) is 9.62. The second-order valence-corrected chi connectivity index (χ2v) is 13.2. The van der Waals surface area contributed by atoms with Crippen LogP contribution in [0.1, 0.15) is 207 Å². The van der Waals surface area contributed by atoms with Gasteiger partial charge in [-0.15, -0.1) is 0 Å². The first-order valence-corrected chi connectivity index (χ1v) is 17.9. The topological polar surface area (TPSA) is 0 Å². The molecular formula is C34H70S. The summed E-state index contributed by atoms with van der Waals surface area (Å²) < 4.78 is 0. The van der Waals surface area contributed by atoms with Crippen molar-refractivity contribution in [2.45, 2.75) is 218 Å². The number of rotatable bonds is 30. The predicted molar refractivity (Wildman–Crippen MR) is 167 cm³/mol. The van der Waals surface area contributed by atoms with Crippen LogP contribution in [-0.2, 0) is 0 Å². The van der Waals surface area contributed by atoms with Gasteiger partial charge in [0.05, 0.1) is 0 Å². The Morgan fingerprint density at radius 2 is 0.486 bits per heavy atom. The minimum Gasteiger partial charge on any atom is -0.155 e. The number of thioether (sulfide) groups is 1. The van der Waals surface area contributed by atoms with Gasteiger partial charge in [0.25, 0.3) is 0 Å². The molecule has 0 rings (SSSR count). The highest BCUT2D eigenvalue weighted by Gasteiger charge is 2.17. The van der Waals surface area contributed by atoms with E-state index in [4.69, 9.17) is 0 Å². The van der Waals surface area contributed by atoms with Gasteiger partial charge in [-0.2, -0.15) is 11.8 Å². The van der Waals surface area contributed by atoms with Crippen LogP contribution in [0.2, 0.25) is 0 Å². The maximum atomic E-state index is 2.46. The van der Waals surface area contributed by atoms with Crippen molar-refractivity contribution in [1.82, 2.24) is 0 Å². The molecule has 0 aromatic heterocycles. The Morgan fingerprint density at radius 3 is 0.714 bits per heavy atom. The van der Waals surface area contributed by atoms with Crippen molar-refractivity contribution in [2.75, 3.05) is 0 Å². The van der Waals surface area contributed by atoms with Crippen LogP contribution in [0.4, 0.5) is 0 Å². The van der Waals surface area contributed by atoms with Gasteiger partial charge < -0.3 is 0 Å². The molecule has 0 aromatic carbocycles. The molecule has 35 heavy (non-hydrogen) atoms. The molecule has 212 valence electrons. The Morgan fingerprint density at radius 1 is 0.286 bits per heavy atom. The average molecular weight is 511 g/mol. The summed E-state index contributed by atoms with van der Waals surface area (Å²) in [6, 6.07) is 0. The molecule has 0 radical (unpaired) electrons. The zero-order valence-electron chi connectivity index (χ0n) is 25.4. The standard InChI is InChI=1S/C34H70S/c1-5-9-13-17-21-25-29-33(30-26-22-18-14-10-6-2)35-34(31-27-23-19-15-11-7-3)32-28-24-20-16-12-8-4/h33-34H,5-32H2,1-4H3. The fraction of sp³-hybridized carbons (Fsp3) is 1.00. The van der Waals surface area contributed by atoms with E-state index in [9.17, 15) is 0 Å². The SMILES string of the molecule is CCCCCCCCC(CCCCCCCC)SC(CCCCCCCC)CCCCCCCC. The molecule has 1 heteroatoms. The first kappa shape index (κ1) is 35.4. The summed E-state index contributed by atoms with van der Waals surface area (Å²) in [4.78, 5) is 0. The molecular weight excluding hydrogens is 440 g/mol. The first-order chi connectivity index (χ1) is 17.3. The van der Waals surface area contributed by atoms with Crippen molar-refractivity contribution in [2.24, 2.45) is 0 Å². The number of unbranched alkanes of at least 4 members (excludes halogenated alkanes) is 20. The van der Waals surface area contributed by atoms with Crippen molar-refractivity contribution < 1.29 is 0 Å². The van der Waals surface area contributed by atoms with E-state index in [1.54, 1.807) is 0 Å². The fourth-order valence-corrected chi connectivity index (χ4v) is 7.20. The van der Waals surface area contributed by atoms with E-state index < -0.39 is 0 Å². The minimum atomic E-state index is 0.942. The van der Waals surface area contributed by atoms with Crippen molar-refractivity contribution in [3.63, 3.8) is 0 Å². The highest BCUT2D eigenvalue weighted by Crippen LogP contribution is 2.33. The average Bonchev–Trinajstić information content (AvgIpc) is 2.87. The fourth-order valence-electron chi connectivity index (χ4n) is 5.44. The van der Waals surface area contributed by atoms with Gasteiger partial charge >= 0.3 is 0 Å². The summed E-state index contributed by atoms with van der Waals surface area (Å²) in [6.07, 6.45) is 40.8. The molecule has 0 aliphatic rings. The van der Waals surface area contributed by atoms with Crippen LogP contribution in [-0.4, -0.2) is 10.5 Å². The van der Waals surface area contributed by atoms with E-state index in [2.05, 4.69) is 39.5 Å². The van der Waals surface area contributed by atoms with Crippen LogP contribution in [0.15, 0.2) is 0 Å². The molecule has 0 atom stereocenters. The molecule has 0 saturated carbocycles. The summed E-state index contributed by atoms with van der Waals surface area (Å²) in [5.74, 6) is 0. The highest BCUT2D eigenvalue weighted by molar-refractivity contribution is 8.00. The molecule has 0 aromatic rings. The second kappa shape index (κ2) is 30.6. The Bertz CT molecular complexity index is 300. The summed E-state index contributed by atoms with van der Waals surface area (Å²) in [5.41, 5.74) is 0. The largest absolute Gasteiger partial charge is 0.155 e. The molecule has 0 nitrogen and oxygen atoms in total. The molecule has 0 spiro atoms. The normalized spacial score (nSPS) is 11.8. The maximum Gasteiger partial charge on any atom is 0.00498 e. The number of hydrogen-bond donors (Lipinski definition) is 0. The zero-order valence-corrected chi connectivity index (χ0v) is 26.2. The lowest BCUT2D eigenvalue weighted by Crippen LogP contribution is -2.12. The monoisotopic (exact) mass is 511 g/mol. The van der Waals surface area contributed by atoms with Crippen LogP contribution < -0.4 is 0 Å². The van der Waals surface area contributed by atoms with Crippen LogP contribution in [0.5, 0.6) is 0 Å². The van der Waals surface area contributed by atoms with Gasteiger partial charge in [0, 0.05) is 10.5 Å². The third-order valence-electron chi connectivity index (χ3n) is 7.90. The number of hydrogen-bond acceptors (Lipinski definition) is 1. The van der Waals surface area contributed by atoms with Gasteiger partial charge in [0.1, 0.15) is 0 Å². The second-order valence-electron chi connectivity index (χ2n) is 11.6. The highest BCUT2D eigenvalue weighted by atomic mass is 32.2. The maximum absolute atomic E-state index is 2.46. The van der Waals surface area contributed by atoms with Crippen LogP contribution in [0.3, 0.4) is 0 Å². The molecule has 0 aliphatic carbocycles. The van der Waals surface area contributed by atoms with Gasteiger partial charge in [-0.25, -0.2) is 0 Å². The first-order valence-electron chi connectivity index (χ1n) is 16.9. The lowest BCUT2D eigenvalue weighted by molar-refractivity contribution is 0.528. The van der Waals surface area contributed by atoms with Crippen LogP contribution in [0.25, 0.3) is 0 Å². The van der Waals surface area contributed by atoms with E-state index in [0.29, 0.717) is 0 Å². The van der Waals surface area contributed by atoms with Crippen LogP contribution in [0, 0.1) is 0 Å². The molecule has 0 heterocycles. The van der Waals surface area contributed by atoms with Gasteiger partial charge in [0.15, 0.2) is 0 Å². The van der Waals surface area contributed by atoms with Gasteiger partial charge in [-0.05, 0) is 25.7 Å². The third kappa shape index (κ3) is 27.2. The Balaban J connectivity index is 4.58. The molecule has 0 bridgehead atoms. The van der Waals surface area contributed by atoms with E-state index in [-0.39, 0.29) is 0 Å². The smallest absolute Gasteiger partial charge is 0.00498 e. The van der Waals surface area contributed by atoms with Crippen molar-refractivity contribution >= 4 is 11.8 Å². The summed E-state index contributed by atoms with van der Waals surface area (Å²) >= 11 is 2.46. The quantitative estimate of drug-likeness (QED) is 0.0865. The summed E-state index contributed by atoms with van der Waals surface area (Å²) in [5, 5.41) is 1.88. The summed E-state index contributed by atoms with van der Waals surface area (Å²) in [6.45, 7) is 9.34. The molecule has 0 unspecified atom stereocenters. The molecule has 0 fully saturated rings. The van der Waals surface area contributed by atoms with Crippen molar-refractivity contribution in [1.29, 1.82) is 0 Å². The van der Waals surface area contributed by atoms with Crippen molar-refractivity contribution in [3.05, 3.63) is 0 Å². The molecule has 0 N–H and O–H groups in total. The Hall–Kier alpha value is 0.350. The van der Waals surface area contributed by atoms with Gasteiger partial charge in [-0.1, -0.05) is 182 Å². The van der Waals surface area contributed by atoms with Crippen LogP contribution >= 0.6 is 11.8 Å². The van der Waals surface area contributed by atoms with Gasteiger partial charge in [-0.3, -0.25) is 0 Å². The van der Waals surface area contributed by atoms with E-state index >= 15 is 0 Å². The molecule has 0 amide bonds. The van der Waals surface area contributed by atoms with E-state index in [0.717, 1.165) is 10.5 Å². The van der Waals surface area contributed by atoms with Crippen molar-refractivity contribution in [3.8, 4) is 0 Å². The van der Waals surface area contributed by atoms with E-state index in [1.807, 2.05) is 0 Å². The summed E-state index contributed by atoms with van der Waals surface area (Å²) in [7, 11) is 0. The Labute approximate surface area is 229 Å². The van der Waals surface area contributed by atoms with E-state index in [1.165, 1.54) is 180 Å². The minimum absolute atomic E-state index is 0.942. The Kier molecular flexibility index (Phi) is 30.9. The predicted octanol–water partition coefficient (Wildman–Crippen LogP) is 13.5. The van der Waals surface area contributed by atoms with Gasteiger partial charge in [0.2, 0.25) is 0 Å². The molecule has 0 saturated heterocycles. The zero-order chi connectivity index (χ0) is 25.7. The lowest BCUT2D eigenvalue weighted by Gasteiger charge is -2.24. The molecule has 0 aliphatic heterocycles.